The summed E-state index contributed by atoms with van der Waals surface area (Å²) in [6.45, 7) is 3.53. The number of sulfone groups is 1. The number of aromatic nitrogens is 2. The molecule has 8 heteroatoms. The van der Waals surface area contributed by atoms with Crippen molar-refractivity contribution in [2.45, 2.75) is 44.2 Å². The van der Waals surface area contributed by atoms with Crippen LogP contribution in [0, 0.1) is 0 Å². The monoisotopic (exact) mass is 342 g/mol. The summed E-state index contributed by atoms with van der Waals surface area (Å²) >= 11 is 0. The summed E-state index contributed by atoms with van der Waals surface area (Å²) in [6, 6.07) is 0.463. The quantitative estimate of drug-likeness (QED) is 0.694. The lowest BCUT2D eigenvalue weighted by molar-refractivity contribution is 0.205. The first-order chi connectivity index (χ1) is 10.9. The Morgan fingerprint density at radius 2 is 2.09 bits per heavy atom. The maximum absolute atomic E-state index is 11.2. The van der Waals surface area contributed by atoms with Crippen molar-refractivity contribution in [3.05, 3.63) is 11.8 Å². The summed E-state index contributed by atoms with van der Waals surface area (Å²) in [6.07, 6.45) is 5.45. The summed E-state index contributed by atoms with van der Waals surface area (Å²) in [5.74, 6) is 2.26. The Morgan fingerprint density at radius 1 is 1.30 bits per heavy atom. The van der Waals surface area contributed by atoms with Gasteiger partial charge in [0.2, 0.25) is 11.8 Å². The Labute approximate surface area is 138 Å². The fourth-order valence-electron chi connectivity index (χ4n) is 3.09. The van der Waals surface area contributed by atoms with Gasteiger partial charge in [-0.15, -0.1) is 10.2 Å². The van der Waals surface area contributed by atoms with Crippen LogP contribution in [0.25, 0.3) is 0 Å². The van der Waals surface area contributed by atoms with Crippen molar-refractivity contribution in [3.8, 4) is 0 Å². The van der Waals surface area contributed by atoms with Crippen LogP contribution in [0.15, 0.2) is 4.42 Å². The van der Waals surface area contributed by atoms with E-state index in [0.717, 1.165) is 31.9 Å². The molecule has 1 aromatic rings. The summed E-state index contributed by atoms with van der Waals surface area (Å²) in [4.78, 5) is 4.61. The zero-order valence-electron chi connectivity index (χ0n) is 13.9. The third-order valence-electron chi connectivity index (χ3n) is 4.65. The minimum atomic E-state index is -2.85. The van der Waals surface area contributed by atoms with E-state index >= 15 is 0 Å². The third-order valence-corrected chi connectivity index (χ3v) is 5.68. The normalized spacial score (nSPS) is 23.0. The first-order valence-corrected chi connectivity index (χ1v) is 10.4. The van der Waals surface area contributed by atoms with Crippen molar-refractivity contribution in [1.29, 1.82) is 0 Å². The Morgan fingerprint density at radius 3 is 2.78 bits per heavy atom. The molecule has 0 radical (unpaired) electrons. The van der Waals surface area contributed by atoms with Crippen LogP contribution in [0.3, 0.4) is 0 Å². The van der Waals surface area contributed by atoms with Gasteiger partial charge in [-0.3, -0.25) is 4.90 Å². The highest BCUT2D eigenvalue weighted by Crippen LogP contribution is 2.39. The molecule has 2 fully saturated rings. The van der Waals surface area contributed by atoms with Crippen LogP contribution in [0.1, 0.15) is 43.4 Å². The molecule has 0 amide bonds. The van der Waals surface area contributed by atoms with Crippen molar-refractivity contribution in [3.63, 3.8) is 0 Å². The highest BCUT2D eigenvalue weighted by molar-refractivity contribution is 7.90. The highest BCUT2D eigenvalue weighted by atomic mass is 32.2. The van der Waals surface area contributed by atoms with Crippen LogP contribution < -0.4 is 0 Å². The van der Waals surface area contributed by atoms with Gasteiger partial charge < -0.3 is 9.32 Å². The number of rotatable bonds is 8. The van der Waals surface area contributed by atoms with Gasteiger partial charge in [0.25, 0.3) is 0 Å². The molecular formula is C15H26N4O3S. The third kappa shape index (κ3) is 4.99. The molecule has 7 nitrogen and oxygen atoms in total. The number of nitrogens with zero attached hydrogens (tertiary/aromatic N) is 4. The molecular weight excluding hydrogens is 316 g/mol. The molecule has 1 saturated carbocycles. The second kappa shape index (κ2) is 6.86. The molecule has 0 unspecified atom stereocenters. The van der Waals surface area contributed by atoms with E-state index in [1.807, 2.05) is 0 Å². The van der Waals surface area contributed by atoms with Crippen molar-refractivity contribution in [2.75, 3.05) is 38.7 Å². The lowest BCUT2D eigenvalue weighted by Crippen LogP contribution is -2.34. The molecule has 23 heavy (non-hydrogen) atoms. The molecule has 130 valence electrons. The molecule has 1 saturated heterocycles. The Hall–Kier alpha value is -0.990. The number of hydrogen-bond acceptors (Lipinski definition) is 7. The Kier molecular flexibility index (Phi) is 5.03. The second-order valence-electron chi connectivity index (χ2n) is 6.95. The van der Waals surface area contributed by atoms with E-state index in [1.165, 1.54) is 19.1 Å². The highest BCUT2D eigenvalue weighted by Gasteiger charge is 2.30. The van der Waals surface area contributed by atoms with E-state index in [-0.39, 0.29) is 5.75 Å². The van der Waals surface area contributed by atoms with Gasteiger partial charge >= 0.3 is 0 Å². The smallest absolute Gasteiger partial charge is 0.230 e. The fourth-order valence-corrected chi connectivity index (χ4v) is 3.75. The molecule has 1 aliphatic carbocycles. The van der Waals surface area contributed by atoms with Gasteiger partial charge in [-0.1, -0.05) is 0 Å². The summed E-state index contributed by atoms with van der Waals surface area (Å²) in [5, 5.41) is 8.27. The van der Waals surface area contributed by atoms with Crippen LogP contribution in [0.2, 0.25) is 0 Å². The Balaban J connectivity index is 1.42. The fraction of sp³-hybridized carbons (Fsp3) is 0.867. The van der Waals surface area contributed by atoms with E-state index in [0.29, 0.717) is 30.8 Å². The molecule has 0 aromatic carbocycles. The van der Waals surface area contributed by atoms with E-state index in [1.54, 1.807) is 0 Å². The predicted octanol–water partition coefficient (Wildman–Crippen LogP) is 0.888. The van der Waals surface area contributed by atoms with Crippen molar-refractivity contribution >= 4 is 9.84 Å². The minimum absolute atomic E-state index is 0.274. The SMILES string of the molecule is CN(Cc1nnc(C2CC2)o1)[C@@H]1CCN(CCCS(C)(=O)=O)C1. The van der Waals surface area contributed by atoms with Gasteiger partial charge in [0.05, 0.1) is 12.3 Å². The molecule has 0 bridgehead atoms. The average molecular weight is 342 g/mol. The van der Waals surface area contributed by atoms with Gasteiger partial charge in [0.1, 0.15) is 9.84 Å². The van der Waals surface area contributed by atoms with Gasteiger partial charge in [0.15, 0.2) is 0 Å². The van der Waals surface area contributed by atoms with Crippen LogP contribution >= 0.6 is 0 Å². The largest absolute Gasteiger partial charge is 0.424 e. The van der Waals surface area contributed by atoms with Gasteiger partial charge in [-0.25, -0.2) is 8.42 Å². The summed E-state index contributed by atoms with van der Waals surface area (Å²) in [7, 11) is -0.762. The van der Waals surface area contributed by atoms with Gasteiger partial charge in [-0.2, -0.15) is 0 Å². The molecule has 3 rings (SSSR count). The lowest BCUT2D eigenvalue weighted by atomic mass is 10.2. The molecule has 1 aliphatic heterocycles. The standard InChI is InChI=1S/C15H26N4O3S/c1-18(11-14-16-17-15(22-14)12-4-5-12)13-6-8-19(10-13)7-3-9-23(2,20)21/h12-13H,3-11H2,1-2H3/t13-/m1/s1. The van der Waals surface area contributed by atoms with Crippen molar-refractivity contribution in [1.82, 2.24) is 20.0 Å². The Bertz CT molecular complexity index is 626. The van der Waals surface area contributed by atoms with Crippen molar-refractivity contribution < 1.29 is 12.8 Å². The molecule has 0 spiro atoms. The molecule has 2 aliphatic rings. The molecule has 1 atom stereocenters. The van der Waals surface area contributed by atoms with Crippen LogP contribution in [-0.4, -0.2) is 73.1 Å². The first kappa shape index (κ1) is 16.9. The lowest BCUT2D eigenvalue weighted by Gasteiger charge is -2.23. The van der Waals surface area contributed by atoms with E-state index in [9.17, 15) is 8.42 Å². The first-order valence-electron chi connectivity index (χ1n) is 8.33. The van der Waals surface area contributed by atoms with Gasteiger partial charge in [0, 0.05) is 24.8 Å². The molecule has 0 N–H and O–H groups in total. The molecule has 1 aromatic heterocycles. The maximum Gasteiger partial charge on any atom is 0.230 e. The second-order valence-corrected chi connectivity index (χ2v) is 9.21. The average Bonchev–Trinajstić information content (AvgIpc) is 3.03. The predicted molar refractivity (Wildman–Crippen MR) is 86.9 cm³/mol. The number of likely N-dealkylation sites (N-methyl/N-ethyl adjacent to an activating group) is 1. The summed E-state index contributed by atoms with van der Waals surface area (Å²) in [5.41, 5.74) is 0. The van der Waals surface area contributed by atoms with Crippen molar-refractivity contribution in [2.24, 2.45) is 0 Å². The van der Waals surface area contributed by atoms with Crippen LogP contribution in [0.5, 0.6) is 0 Å². The van der Waals surface area contributed by atoms with E-state index in [2.05, 4.69) is 27.0 Å². The number of hydrogen-bond donors (Lipinski definition) is 0. The minimum Gasteiger partial charge on any atom is -0.424 e. The zero-order valence-corrected chi connectivity index (χ0v) is 14.8. The van der Waals surface area contributed by atoms with E-state index < -0.39 is 9.84 Å². The molecule has 2 heterocycles. The van der Waals surface area contributed by atoms with E-state index in [4.69, 9.17) is 4.42 Å². The number of likely N-dealkylation sites (tertiary alicyclic amines) is 1. The topological polar surface area (TPSA) is 79.5 Å². The van der Waals surface area contributed by atoms with Crippen LogP contribution in [-0.2, 0) is 16.4 Å². The maximum atomic E-state index is 11.2. The van der Waals surface area contributed by atoms with Gasteiger partial charge in [-0.05, 0) is 45.8 Å². The summed E-state index contributed by atoms with van der Waals surface area (Å²) < 4.78 is 28.1. The zero-order chi connectivity index (χ0) is 16.4. The van der Waals surface area contributed by atoms with Crippen LogP contribution in [0.4, 0.5) is 0 Å².